The molecule has 54 heavy (non-hydrogen) atoms. The van der Waals surface area contributed by atoms with Gasteiger partial charge in [0.2, 0.25) is 17.7 Å². The highest BCUT2D eigenvalue weighted by Crippen LogP contribution is 2.60. The lowest BCUT2D eigenvalue weighted by Gasteiger charge is -2.33. The molecule has 13 nitrogen and oxygen atoms in total. The number of nitrogens with zero attached hydrogens (tertiary/aromatic N) is 2. The highest BCUT2D eigenvalue weighted by Gasteiger charge is 2.66. The molecular weight excluding hydrogens is 705 g/mol. The van der Waals surface area contributed by atoms with Crippen LogP contribution in [0.4, 0.5) is 17.1 Å². The number of rotatable bonds is 10. The molecule has 5 aliphatic rings. The van der Waals surface area contributed by atoms with Crippen molar-refractivity contribution in [2.75, 3.05) is 54.9 Å². The van der Waals surface area contributed by atoms with Gasteiger partial charge in [-0.1, -0.05) is 19.1 Å². The minimum absolute atomic E-state index is 0.0176. The second kappa shape index (κ2) is 15.8. The third-order valence-electron chi connectivity index (χ3n) is 12.4. The molecule has 7 atom stereocenters. The van der Waals surface area contributed by atoms with Crippen molar-refractivity contribution in [3.63, 3.8) is 0 Å². The average molecular weight is 761 g/mol. The van der Waals surface area contributed by atoms with E-state index in [0.717, 1.165) is 57.2 Å². The zero-order chi connectivity index (χ0) is 38.2. The molecule has 0 saturated carbocycles. The fourth-order valence-electron chi connectivity index (χ4n) is 9.73. The molecule has 2 aromatic rings. The monoisotopic (exact) mass is 760 g/mol. The van der Waals surface area contributed by atoms with Gasteiger partial charge in [-0.2, -0.15) is 0 Å². The van der Waals surface area contributed by atoms with Crippen LogP contribution in [0.5, 0.6) is 0 Å². The van der Waals surface area contributed by atoms with Crippen molar-refractivity contribution in [3.8, 4) is 0 Å². The number of aliphatic hydroxyl groups excluding tert-OH is 1. The third kappa shape index (κ3) is 7.48. The molecule has 4 fully saturated rings. The minimum Gasteiger partial charge on any atom is -0.432 e. The molecule has 4 amide bonds. The van der Waals surface area contributed by atoms with Gasteiger partial charge in [-0.3, -0.25) is 19.2 Å². The number of anilines is 3. The van der Waals surface area contributed by atoms with E-state index in [1.807, 2.05) is 62.5 Å². The Hall–Kier alpha value is -3.66. The van der Waals surface area contributed by atoms with Crippen LogP contribution in [0.3, 0.4) is 0 Å². The van der Waals surface area contributed by atoms with E-state index in [1.165, 1.54) is 0 Å². The van der Waals surface area contributed by atoms with Crippen molar-refractivity contribution in [2.24, 2.45) is 17.8 Å². The molecule has 0 radical (unpaired) electrons. The highest BCUT2D eigenvalue weighted by atomic mass is 28.4. The molecule has 0 aromatic heterocycles. The number of nitrogens with one attached hydrogen (secondary N) is 4. The van der Waals surface area contributed by atoms with E-state index in [4.69, 9.17) is 4.74 Å². The van der Waals surface area contributed by atoms with Gasteiger partial charge in [0.1, 0.15) is 0 Å². The standard InChI is InChI=1S/C40H56N6O7Si/c1-25-36(54(2,3)52)34(20-35(48)45-17-7-12-31(45)24-47)53-40(25)32-19-30(44-38(50)28-10-6-16-42-22-28)13-14-33(32)46(39(40)51)23-26-8-4-11-29(18-26)43-37(49)27-9-5-15-41-21-27/h4,8,11,13-14,18-19,25,27-28,31,34,36,41-42,47,52H,5-7,9-10,12,15-17,20-24H2,1-3H3,(H,43,49)(H,44,50)/t25-,27?,28?,31-,34+,36-,40+/m0/s1. The fourth-order valence-corrected chi connectivity index (χ4v) is 12.3. The van der Waals surface area contributed by atoms with Gasteiger partial charge in [-0.05, 0) is 101 Å². The molecule has 14 heteroatoms. The molecule has 4 saturated heterocycles. The summed E-state index contributed by atoms with van der Waals surface area (Å²) in [6, 6.07) is 12.8. The molecule has 6 N–H and O–H groups in total. The van der Waals surface area contributed by atoms with Crippen LogP contribution in [0.2, 0.25) is 18.6 Å². The summed E-state index contributed by atoms with van der Waals surface area (Å²) >= 11 is 0. The minimum atomic E-state index is -3.06. The normalized spacial score (nSPS) is 29.8. The van der Waals surface area contributed by atoms with Crippen LogP contribution in [0.15, 0.2) is 42.5 Å². The van der Waals surface area contributed by atoms with Crippen LogP contribution < -0.4 is 26.2 Å². The number of fused-ring (bicyclic) bond motifs is 2. The predicted molar refractivity (Wildman–Crippen MR) is 208 cm³/mol. The summed E-state index contributed by atoms with van der Waals surface area (Å²) in [6.45, 7) is 9.28. The van der Waals surface area contributed by atoms with Gasteiger partial charge in [-0.25, -0.2) is 0 Å². The van der Waals surface area contributed by atoms with Gasteiger partial charge in [0.05, 0.1) is 49.2 Å². The van der Waals surface area contributed by atoms with Crippen molar-refractivity contribution in [3.05, 3.63) is 53.6 Å². The number of hydrogen-bond acceptors (Lipinski definition) is 9. The number of benzene rings is 2. The Labute approximate surface area is 318 Å². The van der Waals surface area contributed by atoms with Crippen LogP contribution >= 0.6 is 0 Å². The van der Waals surface area contributed by atoms with Gasteiger partial charge in [0.25, 0.3) is 5.91 Å². The average Bonchev–Trinajstić information content (AvgIpc) is 3.82. The molecule has 5 heterocycles. The van der Waals surface area contributed by atoms with E-state index < -0.39 is 31.5 Å². The van der Waals surface area contributed by atoms with Gasteiger partial charge >= 0.3 is 0 Å². The van der Waals surface area contributed by atoms with Crippen LogP contribution in [0.25, 0.3) is 0 Å². The first kappa shape index (κ1) is 38.6. The summed E-state index contributed by atoms with van der Waals surface area (Å²) < 4.78 is 6.97. The number of likely N-dealkylation sites (tertiary alicyclic amines) is 1. The Kier molecular flexibility index (Phi) is 11.3. The Morgan fingerprint density at radius 3 is 2.22 bits per heavy atom. The summed E-state index contributed by atoms with van der Waals surface area (Å²) in [5, 5.41) is 22.7. The zero-order valence-corrected chi connectivity index (χ0v) is 32.7. The quantitative estimate of drug-likeness (QED) is 0.199. The van der Waals surface area contributed by atoms with E-state index in [9.17, 15) is 24.3 Å². The topological polar surface area (TPSA) is 173 Å². The molecule has 7 rings (SSSR count). The van der Waals surface area contributed by atoms with Gasteiger partial charge in [0.15, 0.2) is 13.9 Å². The first-order valence-corrected chi connectivity index (χ1v) is 22.8. The summed E-state index contributed by atoms with van der Waals surface area (Å²) in [6.07, 6.45) is 4.27. The van der Waals surface area contributed by atoms with Crippen molar-refractivity contribution >= 4 is 49.0 Å². The number of aliphatic hydroxyl groups is 1. The van der Waals surface area contributed by atoms with Crippen molar-refractivity contribution in [1.82, 2.24) is 15.5 Å². The first-order valence-electron chi connectivity index (χ1n) is 19.8. The molecule has 2 aromatic carbocycles. The van der Waals surface area contributed by atoms with Crippen LogP contribution in [-0.4, -0.2) is 98.2 Å². The number of hydrogen-bond donors (Lipinski definition) is 6. The summed E-state index contributed by atoms with van der Waals surface area (Å²) in [4.78, 5) is 70.6. The van der Waals surface area contributed by atoms with Crippen molar-refractivity contribution in [1.29, 1.82) is 0 Å². The van der Waals surface area contributed by atoms with Crippen LogP contribution in [0.1, 0.15) is 63.0 Å². The second-order valence-electron chi connectivity index (χ2n) is 16.5. The van der Waals surface area contributed by atoms with Gasteiger partial charge in [-0.15, -0.1) is 0 Å². The van der Waals surface area contributed by atoms with E-state index in [-0.39, 0.29) is 61.1 Å². The lowest BCUT2D eigenvalue weighted by molar-refractivity contribution is -0.150. The van der Waals surface area contributed by atoms with Gasteiger partial charge in [0, 0.05) is 48.0 Å². The van der Waals surface area contributed by atoms with Crippen LogP contribution in [-0.2, 0) is 36.1 Å². The molecule has 292 valence electrons. The maximum atomic E-state index is 15.1. The van der Waals surface area contributed by atoms with E-state index in [0.29, 0.717) is 42.3 Å². The fraction of sp³-hybridized carbons (Fsp3) is 0.600. The SMILES string of the molecule is C[C@H]1[C@H]([Si](C)(C)O)[C@@H](CC(=O)N2CCC[C@H]2CO)O[C@]12C(=O)N(Cc1cccc(NC(=O)C3CCCNC3)c1)c1ccc(NC(=O)C3CCCNC3)cc12. The number of ether oxygens (including phenoxy) is 1. The maximum absolute atomic E-state index is 15.1. The highest BCUT2D eigenvalue weighted by molar-refractivity contribution is 6.71. The lowest BCUT2D eigenvalue weighted by atomic mass is 9.82. The lowest BCUT2D eigenvalue weighted by Crippen LogP contribution is -2.46. The largest absolute Gasteiger partial charge is 0.432 e. The smallest absolute Gasteiger partial charge is 0.264 e. The number of amides is 4. The Morgan fingerprint density at radius 1 is 0.944 bits per heavy atom. The number of carbonyl (C=O) groups is 4. The molecule has 2 unspecified atom stereocenters. The van der Waals surface area contributed by atoms with E-state index >= 15 is 4.79 Å². The third-order valence-corrected chi connectivity index (χ3v) is 14.9. The van der Waals surface area contributed by atoms with Crippen molar-refractivity contribution in [2.45, 2.75) is 94.8 Å². The zero-order valence-electron chi connectivity index (χ0n) is 31.7. The van der Waals surface area contributed by atoms with Crippen LogP contribution in [0, 0.1) is 17.8 Å². The summed E-state index contributed by atoms with van der Waals surface area (Å²) in [5.74, 6) is -1.35. The predicted octanol–water partition coefficient (Wildman–Crippen LogP) is 3.28. The summed E-state index contributed by atoms with van der Waals surface area (Å²) in [7, 11) is -3.06. The van der Waals surface area contributed by atoms with Gasteiger partial charge < -0.3 is 45.7 Å². The Balaban J connectivity index is 1.22. The molecule has 0 aliphatic carbocycles. The second-order valence-corrected chi connectivity index (χ2v) is 20.5. The number of carbonyl (C=O) groups excluding carboxylic acids is 4. The molecule has 0 bridgehead atoms. The molecule has 1 spiro atoms. The Morgan fingerprint density at radius 2 is 1.61 bits per heavy atom. The van der Waals surface area contributed by atoms with E-state index in [2.05, 4.69) is 21.3 Å². The van der Waals surface area contributed by atoms with Crippen molar-refractivity contribution < 1.29 is 33.8 Å². The first-order chi connectivity index (χ1) is 25.9. The van der Waals surface area contributed by atoms with E-state index in [1.54, 1.807) is 9.80 Å². The molecular formula is C40H56N6O7Si. The number of piperidine rings is 2. The summed E-state index contributed by atoms with van der Waals surface area (Å²) in [5.41, 5.74) is 1.26. The maximum Gasteiger partial charge on any atom is 0.264 e. The Bertz CT molecular complexity index is 1740. The molecule has 5 aliphatic heterocycles.